The highest BCUT2D eigenvalue weighted by atomic mass is 79.9. The predicted octanol–water partition coefficient (Wildman–Crippen LogP) is 5.06. The average Bonchev–Trinajstić information content (AvgIpc) is 2.89. The number of hydrogen-bond donors (Lipinski definition) is 0. The van der Waals surface area contributed by atoms with Crippen LogP contribution in [0.15, 0.2) is 69.9 Å². The number of rotatable bonds is 2. The second-order valence-electron chi connectivity index (χ2n) is 4.14. The lowest BCUT2D eigenvalue weighted by Gasteiger charge is -2.03. The van der Waals surface area contributed by atoms with Crippen LogP contribution < -0.4 is 0 Å². The van der Waals surface area contributed by atoms with Crippen molar-refractivity contribution in [1.29, 1.82) is 0 Å². The van der Waals surface area contributed by atoms with Gasteiger partial charge in [-0.25, -0.2) is 4.68 Å². The molecule has 3 rings (SSSR count). The Labute approximate surface area is 128 Å². The smallest absolute Gasteiger partial charge is 0.0787 e. The van der Waals surface area contributed by atoms with E-state index in [1.807, 2.05) is 53.5 Å². The Morgan fingerprint density at radius 2 is 1.74 bits per heavy atom. The molecule has 2 aromatic carbocycles. The second-order valence-corrected chi connectivity index (χ2v) is 5.91. The van der Waals surface area contributed by atoms with Crippen molar-refractivity contribution >= 4 is 31.9 Å². The number of halogens is 2. The third-order valence-corrected chi connectivity index (χ3v) is 4.00. The zero-order valence-corrected chi connectivity index (χ0v) is 13.1. The molecule has 3 aromatic rings. The van der Waals surface area contributed by atoms with E-state index in [9.17, 15) is 0 Å². The maximum atomic E-state index is 4.42. The first kappa shape index (κ1) is 12.6. The number of benzene rings is 2. The molecule has 1 aromatic heterocycles. The summed E-state index contributed by atoms with van der Waals surface area (Å²) in [7, 11) is 0. The van der Waals surface area contributed by atoms with Crippen molar-refractivity contribution in [1.82, 2.24) is 9.78 Å². The van der Waals surface area contributed by atoms with Gasteiger partial charge >= 0.3 is 0 Å². The minimum atomic E-state index is 1.03. The summed E-state index contributed by atoms with van der Waals surface area (Å²) in [4.78, 5) is 0. The fourth-order valence-corrected chi connectivity index (χ4v) is 2.77. The molecular weight excluding hydrogens is 368 g/mol. The van der Waals surface area contributed by atoms with Crippen molar-refractivity contribution < 1.29 is 0 Å². The van der Waals surface area contributed by atoms with Crippen LogP contribution in [0.25, 0.3) is 16.8 Å². The van der Waals surface area contributed by atoms with Crippen molar-refractivity contribution in [3.05, 3.63) is 69.9 Å². The fourth-order valence-electron chi connectivity index (χ4n) is 1.91. The summed E-state index contributed by atoms with van der Waals surface area (Å²) in [6, 6.07) is 16.2. The summed E-state index contributed by atoms with van der Waals surface area (Å²) in [5.41, 5.74) is 3.27. The van der Waals surface area contributed by atoms with E-state index >= 15 is 0 Å². The van der Waals surface area contributed by atoms with Gasteiger partial charge in [-0.1, -0.05) is 40.2 Å². The van der Waals surface area contributed by atoms with Crippen molar-refractivity contribution in [2.45, 2.75) is 0 Å². The molecule has 0 radical (unpaired) electrons. The molecule has 0 saturated carbocycles. The van der Waals surface area contributed by atoms with Gasteiger partial charge in [0, 0.05) is 20.7 Å². The molecule has 1 heterocycles. The second kappa shape index (κ2) is 5.31. The molecule has 0 unspecified atom stereocenters. The van der Waals surface area contributed by atoms with Gasteiger partial charge in [-0.2, -0.15) is 5.10 Å². The first-order valence-corrected chi connectivity index (χ1v) is 7.38. The van der Waals surface area contributed by atoms with Gasteiger partial charge in [0.25, 0.3) is 0 Å². The van der Waals surface area contributed by atoms with Crippen LogP contribution in [0.3, 0.4) is 0 Å². The predicted molar refractivity (Wildman–Crippen MR) is 84.4 cm³/mol. The van der Waals surface area contributed by atoms with Crippen LogP contribution in [0.4, 0.5) is 0 Å². The van der Waals surface area contributed by atoms with Crippen LogP contribution in [-0.2, 0) is 0 Å². The van der Waals surface area contributed by atoms with E-state index in [0.29, 0.717) is 0 Å². The molecule has 0 spiro atoms. The average molecular weight is 378 g/mol. The lowest BCUT2D eigenvalue weighted by molar-refractivity contribution is 0.876. The molecular formula is C15H10Br2N2. The summed E-state index contributed by atoms with van der Waals surface area (Å²) >= 11 is 7.03. The van der Waals surface area contributed by atoms with Crippen LogP contribution in [0.1, 0.15) is 0 Å². The Bertz CT molecular complexity index is 719. The quantitative estimate of drug-likeness (QED) is 0.610. The molecule has 4 heteroatoms. The molecule has 0 fully saturated rings. The van der Waals surface area contributed by atoms with Gasteiger partial charge in [-0.15, -0.1) is 0 Å². The lowest BCUT2D eigenvalue weighted by atomic mass is 10.1. The first-order chi connectivity index (χ1) is 9.24. The number of aromatic nitrogens is 2. The van der Waals surface area contributed by atoms with Gasteiger partial charge in [-0.3, -0.25) is 0 Å². The third kappa shape index (κ3) is 2.65. The molecule has 0 saturated heterocycles. The lowest BCUT2D eigenvalue weighted by Crippen LogP contribution is -1.94. The van der Waals surface area contributed by atoms with E-state index in [2.05, 4.69) is 49.1 Å². The van der Waals surface area contributed by atoms with Crippen LogP contribution >= 0.6 is 31.9 Å². The molecule has 0 aliphatic carbocycles. The normalized spacial score (nSPS) is 10.6. The maximum absolute atomic E-state index is 4.42. The van der Waals surface area contributed by atoms with E-state index < -0.39 is 0 Å². The molecule has 0 aliphatic heterocycles. The Kier molecular flexibility index (Phi) is 3.53. The molecule has 0 aliphatic rings. The fraction of sp³-hybridized carbons (Fsp3) is 0. The first-order valence-electron chi connectivity index (χ1n) is 5.79. The van der Waals surface area contributed by atoms with E-state index in [1.54, 1.807) is 0 Å². The van der Waals surface area contributed by atoms with Gasteiger partial charge in [0.05, 0.1) is 11.9 Å². The van der Waals surface area contributed by atoms with Crippen LogP contribution in [0.2, 0.25) is 0 Å². The van der Waals surface area contributed by atoms with Gasteiger partial charge in [-0.05, 0) is 45.8 Å². The minimum absolute atomic E-state index is 1.03. The van der Waals surface area contributed by atoms with Crippen molar-refractivity contribution in [3.8, 4) is 16.8 Å². The maximum Gasteiger partial charge on any atom is 0.0787 e. The monoisotopic (exact) mass is 376 g/mol. The standard InChI is InChI=1S/C15H10Br2N2/c16-13-5-3-4-11(8-13)12-9-18-19(10-12)15-7-2-1-6-14(15)17/h1-10H. The molecule has 19 heavy (non-hydrogen) atoms. The number of hydrogen-bond acceptors (Lipinski definition) is 1. The molecule has 0 bridgehead atoms. The Morgan fingerprint density at radius 3 is 2.53 bits per heavy atom. The van der Waals surface area contributed by atoms with E-state index in [0.717, 1.165) is 25.8 Å². The van der Waals surface area contributed by atoms with Gasteiger partial charge in [0.1, 0.15) is 0 Å². The highest BCUT2D eigenvalue weighted by Gasteiger charge is 2.05. The van der Waals surface area contributed by atoms with Crippen LogP contribution in [0.5, 0.6) is 0 Å². The van der Waals surface area contributed by atoms with E-state index in [-0.39, 0.29) is 0 Å². The van der Waals surface area contributed by atoms with Gasteiger partial charge in [0.15, 0.2) is 0 Å². The SMILES string of the molecule is Brc1cccc(-c2cnn(-c3ccccc3Br)c2)c1. The topological polar surface area (TPSA) is 17.8 Å². The van der Waals surface area contributed by atoms with Crippen molar-refractivity contribution in [2.24, 2.45) is 0 Å². The third-order valence-electron chi connectivity index (χ3n) is 2.84. The highest BCUT2D eigenvalue weighted by molar-refractivity contribution is 9.10. The zero-order valence-electron chi connectivity index (χ0n) is 9.92. The summed E-state index contributed by atoms with van der Waals surface area (Å²) < 4.78 is 3.97. The van der Waals surface area contributed by atoms with Crippen LogP contribution in [0, 0.1) is 0 Å². The Hall–Kier alpha value is -1.39. The van der Waals surface area contributed by atoms with Crippen LogP contribution in [-0.4, -0.2) is 9.78 Å². The van der Waals surface area contributed by atoms with Crippen molar-refractivity contribution in [3.63, 3.8) is 0 Å². The summed E-state index contributed by atoms with van der Waals surface area (Å²) in [6.45, 7) is 0. The van der Waals surface area contributed by atoms with Gasteiger partial charge in [0.2, 0.25) is 0 Å². The van der Waals surface area contributed by atoms with E-state index in [1.165, 1.54) is 0 Å². The number of para-hydroxylation sites is 1. The molecule has 0 N–H and O–H groups in total. The highest BCUT2D eigenvalue weighted by Crippen LogP contribution is 2.25. The molecule has 94 valence electrons. The Balaban J connectivity index is 2.03. The molecule has 0 amide bonds. The molecule has 2 nitrogen and oxygen atoms in total. The number of nitrogens with zero attached hydrogens (tertiary/aromatic N) is 2. The Morgan fingerprint density at radius 1 is 0.895 bits per heavy atom. The van der Waals surface area contributed by atoms with E-state index in [4.69, 9.17) is 0 Å². The summed E-state index contributed by atoms with van der Waals surface area (Å²) in [5.74, 6) is 0. The minimum Gasteiger partial charge on any atom is -0.239 e. The molecule has 0 atom stereocenters. The zero-order chi connectivity index (χ0) is 13.2. The summed E-state index contributed by atoms with van der Waals surface area (Å²) in [5, 5.41) is 4.42. The largest absolute Gasteiger partial charge is 0.239 e. The van der Waals surface area contributed by atoms with Crippen molar-refractivity contribution in [2.75, 3.05) is 0 Å². The van der Waals surface area contributed by atoms with Gasteiger partial charge < -0.3 is 0 Å². The summed E-state index contributed by atoms with van der Waals surface area (Å²) in [6.07, 6.45) is 3.91.